The molecule has 0 unspecified atom stereocenters. The van der Waals surface area contributed by atoms with Gasteiger partial charge in [0.25, 0.3) is 0 Å². The molecule has 2 aliphatic heterocycles. The Hall–Kier alpha value is -3.63. The number of aliphatic hydroxyl groups excluding tert-OH is 1. The number of pyridine rings is 1. The van der Waals surface area contributed by atoms with Gasteiger partial charge >= 0.3 is 5.97 Å². The fraction of sp³-hybridized carbons (Fsp3) is 0.469. The zero-order chi connectivity index (χ0) is 29.2. The van der Waals surface area contributed by atoms with Crippen molar-refractivity contribution in [1.82, 2.24) is 9.97 Å². The van der Waals surface area contributed by atoms with Crippen LogP contribution < -0.4 is 9.80 Å². The van der Waals surface area contributed by atoms with Gasteiger partial charge < -0.3 is 10.2 Å². The average molecular weight is 589 g/mol. The zero-order valence-electron chi connectivity index (χ0n) is 23.5. The first-order valence-electron chi connectivity index (χ1n) is 14.9. The molecule has 1 aromatic carbocycles. The number of carboxylic acids is 1. The Labute approximate surface area is 249 Å². The number of benzene rings is 1. The van der Waals surface area contributed by atoms with Crippen LogP contribution in [0.5, 0.6) is 0 Å². The molecule has 2 N–H and O–H groups in total. The van der Waals surface area contributed by atoms with E-state index in [4.69, 9.17) is 4.98 Å². The maximum atomic E-state index is 14.1. The number of hydrogen-bond acceptors (Lipinski definition) is 7. The van der Waals surface area contributed by atoms with Crippen LogP contribution in [0.2, 0.25) is 0 Å². The largest absolute Gasteiger partial charge is 0.481 e. The molecule has 220 valence electrons. The van der Waals surface area contributed by atoms with Crippen LogP contribution in [0.4, 0.5) is 10.9 Å². The number of aromatic nitrogens is 2. The van der Waals surface area contributed by atoms with E-state index in [1.165, 1.54) is 11.3 Å². The van der Waals surface area contributed by atoms with Gasteiger partial charge in [-0.2, -0.15) is 0 Å². The normalized spacial score (nSPS) is 23.5. The van der Waals surface area contributed by atoms with Gasteiger partial charge in [0.2, 0.25) is 11.8 Å². The first-order chi connectivity index (χ1) is 20.4. The summed E-state index contributed by atoms with van der Waals surface area (Å²) in [5.74, 6) is -0.751. The van der Waals surface area contributed by atoms with E-state index in [-0.39, 0.29) is 30.8 Å². The Morgan fingerprint density at radius 1 is 1.00 bits per heavy atom. The number of thiazole rings is 1. The molecule has 2 amide bonds. The van der Waals surface area contributed by atoms with Gasteiger partial charge in [-0.15, -0.1) is 11.3 Å². The fourth-order valence-corrected chi connectivity index (χ4v) is 8.01. The number of carbonyl (C=O) groups is 3. The maximum Gasteiger partial charge on any atom is 0.304 e. The minimum Gasteiger partial charge on any atom is -0.481 e. The molecule has 3 fully saturated rings. The number of carboxylic acid groups (broad SMARTS) is 1. The van der Waals surface area contributed by atoms with Gasteiger partial charge in [-0.1, -0.05) is 49.9 Å². The summed E-state index contributed by atoms with van der Waals surface area (Å²) in [5.41, 5.74) is 3.38. The van der Waals surface area contributed by atoms with Crippen molar-refractivity contribution < 1.29 is 24.6 Å². The summed E-state index contributed by atoms with van der Waals surface area (Å²) in [6.45, 7) is 0.480. The molecule has 2 saturated heterocycles. The summed E-state index contributed by atoms with van der Waals surface area (Å²) < 4.78 is 0. The highest BCUT2D eigenvalue weighted by Gasteiger charge is 2.44. The lowest BCUT2D eigenvalue weighted by Gasteiger charge is -2.31. The summed E-state index contributed by atoms with van der Waals surface area (Å²) in [7, 11) is 0. The standard InChI is InChI=1S/C32H36N4O5S/c37-18-22-12-13-24(20-6-1-2-7-20)26(16-30(39)40)31(41)36(22)32-34-27(19-42-32)25-9-4-3-8-23(25)21-11-14-28(33-17-21)35-15-5-10-29(35)38/h3-4,8-9,11,14,17,19-20,22,24,26,37H,1-2,5-7,10,12-13,15-16,18H2,(H,39,40)/t22-,24-,26-/m0/s1. The number of aliphatic carboxylic acids is 1. The number of rotatable bonds is 8. The Bertz CT molecular complexity index is 1450. The topological polar surface area (TPSA) is 124 Å². The van der Waals surface area contributed by atoms with Gasteiger partial charge in [0.15, 0.2) is 5.13 Å². The molecular weight excluding hydrogens is 552 g/mol. The minimum absolute atomic E-state index is 0.00151. The Morgan fingerprint density at radius 3 is 2.45 bits per heavy atom. The third-order valence-corrected chi connectivity index (χ3v) is 10.0. The molecule has 9 nitrogen and oxygen atoms in total. The molecule has 2 aromatic heterocycles. The lowest BCUT2D eigenvalue weighted by atomic mass is 9.76. The van der Waals surface area contributed by atoms with Gasteiger partial charge in [0.05, 0.1) is 30.7 Å². The van der Waals surface area contributed by atoms with Crippen molar-refractivity contribution in [1.29, 1.82) is 0 Å². The number of hydrogen-bond donors (Lipinski definition) is 2. The second kappa shape index (κ2) is 12.3. The molecule has 0 spiro atoms. The number of anilines is 2. The van der Waals surface area contributed by atoms with Crippen molar-refractivity contribution in [3.63, 3.8) is 0 Å². The molecule has 0 bridgehead atoms. The predicted octanol–water partition coefficient (Wildman–Crippen LogP) is 5.38. The van der Waals surface area contributed by atoms with Gasteiger partial charge in [-0.3, -0.25) is 24.2 Å². The van der Waals surface area contributed by atoms with Crippen LogP contribution in [0.25, 0.3) is 22.4 Å². The highest BCUT2D eigenvalue weighted by Crippen LogP contribution is 2.44. The second-order valence-corrected chi connectivity index (χ2v) is 12.5. The summed E-state index contributed by atoms with van der Waals surface area (Å²) in [4.78, 5) is 50.9. The second-order valence-electron chi connectivity index (χ2n) is 11.6. The van der Waals surface area contributed by atoms with Crippen molar-refractivity contribution in [3.8, 4) is 22.4 Å². The smallest absolute Gasteiger partial charge is 0.304 e. The van der Waals surface area contributed by atoms with Crippen molar-refractivity contribution in [3.05, 3.63) is 48.0 Å². The Kier molecular flexibility index (Phi) is 8.35. The zero-order valence-corrected chi connectivity index (χ0v) is 24.3. The van der Waals surface area contributed by atoms with Crippen molar-refractivity contribution >= 4 is 40.1 Å². The van der Waals surface area contributed by atoms with Crippen molar-refractivity contribution in [2.45, 2.75) is 63.8 Å². The lowest BCUT2D eigenvalue weighted by molar-refractivity contribution is -0.142. The third-order valence-electron chi connectivity index (χ3n) is 9.19. The van der Waals surface area contributed by atoms with Crippen LogP contribution in [0.1, 0.15) is 57.8 Å². The molecule has 10 heteroatoms. The van der Waals surface area contributed by atoms with Crippen LogP contribution in [-0.4, -0.2) is 57.2 Å². The lowest BCUT2D eigenvalue weighted by Crippen LogP contribution is -2.45. The molecule has 42 heavy (non-hydrogen) atoms. The molecule has 1 aliphatic carbocycles. The summed E-state index contributed by atoms with van der Waals surface area (Å²) in [6, 6.07) is 11.2. The monoisotopic (exact) mass is 588 g/mol. The molecule has 4 heterocycles. The van der Waals surface area contributed by atoms with Gasteiger partial charge in [-0.25, -0.2) is 9.97 Å². The van der Waals surface area contributed by atoms with Crippen molar-refractivity contribution in [2.24, 2.45) is 17.8 Å². The third kappa shape index (κ3) is 5.57. The summed E-state index contributed by atoms with van der Waals surface area (Å²) in [6.07, 6.45) is 8.58. The summed E-state index contributed by atoms with van der Waals surface area (Å²) in [5, 5.41) is 22.5. The van der Waals surface area contributed by atoms with E-state index in [0.717, 1.165) is 55.2 Å². The number of aliphatic hydroxyl groups is 1. The van der Waals surface area contributed by atoms with Crippen LogP contribution >= 0.6 is 11.3 Å². The van der Waals surface area contributed by atoms with Crippen LogP contribution in [0.3, 0.4) is 0 Å². The average Bonchev–Trinajstić information content (AvgIpc) is 3.77. The molecule has 3 aromatic rings. The van der Waals surface area contributed by atoms with Crippen molar-refractivity contribution in [2.75, 3.05) is 23.0 Å². The first-order valence-corrected chi connectivity index (χ1v) is 15.8. The highest BCUT2D eigenvalue weighted by molar-refractivity contribution is 7.14. The highest BCUT2D eigenvalue weighted by atomic mass is 32.1. The number of amides is 2. The predicted molar refractivity (Wildman–Crippen MR) is 161 cm³/mol. The first kappa shape index (κ1) is 28.5. The molecule has 3 aliphatic rings. The SMILES string of the molecule is O=C(O)C[C@@H]1C(=O)N(c2nc(-c3ccccc3-c3ccc(N4CCCC4=O)nc3)cs2)[C@H](CO)CC[C@H]1C1CCCC1. The van der Waals surface area contributed by atoms with E-state index >= 15 is 0 Å². The minimum atomic E-state index is -0.971. The van der Waals surface area contributed by atoms with Crippen LogP contribution in [0.15, 0.2) is 48.0 Å². The Balaban J connectivity index is 1.31. The van der Waals surface area contributed by atoms with Crippen LogP contribution in [-0.2, 0) is 14.4 Å². The van der Waals surface area contributed by atoms with E-state index in [1.807, 2.05) is 41.8 Å². The quantitative estimate of drug-likeness (QED) is 0.362. The number of nitrogens with zero attached hydrogens (tertiary/aromatic N) is 4. The number of carbonyl (C=O) groups excluding carboxylic acids is 2. The van der Waals surface area contributed by atoms with Crippen LogP contribution in [0, 0.1) is 17.8 Å². The molecule has 6 rings (SSSR count). The van der Waals surface area contributed by atoms with Gasteiger partial charge in [0.1, 0.15) is 5.82 Å². The molecular formula is C32H36N4O5S. The van der Waals surface area contributed by atoms with E-state index in [0.29, 0.717) is 41.9 Å². The van der Waals surface area contributed by atoms with E-state index in [9.17, 15) is 24.6 Å². The Morgan fingerprint density at radius 2 is 1.79 bits per heavy atom. The molecule has 3 atom stereocenters. The van der Waals surface area contributed by atoms with E-state index in [2.05, 4.69) is 4.98 Å². The van der Waals surface area contributed by atoms with Gasteiger partial charge in [-0.05, 0) is 48.8 Å². The fourth-order valence-electron chi connectivity index (χ4n) is 7.11. The van der Waals surface area contributed by atoms with E-state index in [1.54, 1.807) is 16.0 Å². The maximum absolute atomic E-state index is 14.1. The molecule has 0 radical (unpaired) electrons. The summed E-state index contributed by atoms with van der Waals surface area (Å²) >= 11 is 1.34. The van der Waals surface area contributed by atoms with Gasteiger partial charge in [0, 0.05) is 35.7 Å². The molecule has 1 saturated carbocycles. The van der Waals surface area contributed by atoms with E-state index < -0.39 is 17.9 Å².